The summed E-state index contributed by atoms with van der Waals surface area (Å²) in [5.41, 5.74) is 1.06. The van der Waals surface area contributed by atoms with Crippen molar-refractivity contribution < 1.29 is 18.8 Å². The predicted octanol–water partition coefficient (Wildman–Crippen LogP) is 1.65. The molecule has 1 N–H and O–H groups in total. The first-order valence-electron chi connectivity index (χ1n) is 8.05. The summed E-state index contributed by atoms with van der Waals surface area (Å²) in [6, 6.07) is 0.385. The van der Waals surface area contributed by atoms with Crippen LogP contribution in [-0.4, -0.2) is 48.2 Å². The van der Waals surface area contributed by atoms with Crippen LogP contribution in [0.5, 0.6) is 0 Å². The molecule has 1 aliphatic rings. The zero-order chi connectivity index (χ0) is 16.8. The van der Waals surface area contributed by atoms with Crippen molar-refractivity contribution in [3.8, 4) is 0 Å². The van der Waals surface area contributed by atoms with Crippen LogP contribution in [0.15, 0.2) is 4.52 Å². The molecular weight excluding hydrogens is 298 g/mol. The minimum atomic E-state index is -0.469. The van der Waals surface area contributed by atoms with E-state index in [2.05, 4.69) is 15.4 Å². The second-order valence-electron chi connectivity index (χ2n) is 5.95. The molecule has 1 saturated heterocycles. The number of carbonyl (C=O) groups is 2. The second kappa shape index (κ2) is 8.10. The number of amides is 1. The van der Waals surface area contributed by atoms with E-state index in [1.54, 1.807) is 0 Å². The third kappa shape index (κ3) is 4.54. The highest BCUT2D eigenvalue weighted by Crippen LogP contribution is 2.24. The standard InChI is InChI=1S/C16H25N3O4/c1-11-14(15(18-23-11)16(21)22-3)10-19-9-5-4-6-13(19)7-8-17-12(2)20/h13H,4-10H2,1-3H3,(H,17,20)/t13-/m1/s1. The van der Waals surface area contributed by atoms with E-state index in [-0.39, 0.29) is 11.6 Å². The maximum atomic E-state index is 11.8. The van der Waals surface area contributed by atoms with Crippen molar-refractivity contribution in [1.82, 2.24) is 15.4 Å². The van der Waals surface area contributed by atoms with Crippen molar-refractivity contribution in [3.05, 3.63) is 17.0 Å². The molecule has 0 aliphatic carbocycles. The van der Waals surface area contributed by atoms with Gasteiger partial charge in [0.2, 0.25) is 5.91 Å². The number of aromatic nitrogens is 1. The average Bonchev–Trinajstić information content (AvgIpc) is 2.89. The molecule has 0 saturated carbocycles. The number of piperidine rings is 1. The van der Waals surface area contributed by atoms with Crippen LogP contribution in [0.2, 0.25) is 0 Å². The van der Waals surface area contributed by atoms with Crippen LogP contribution in [0.3, 0.4) is 0 Å². The molecule has 2 rings (SSSR count). The quantitative estimate of drug-likeness (QED) is 0.801. The number of likely N-dealkylation sites (tertiary alicyclic amines) is 1. The minimum Gasteiger partial charge on any atom is -0.464 e. The van der Waals surface area contributed by atoms with E-state index in [4.69, 9.17) is 9.26 Å². The van der Waals surface area contributed by atoms with Gasteiger partial charge in [0, 0.05) is 31.6 Å². The van der Waals surface area contributed by atoms with Gasteiger partial charge in [-0.2, -0.15) is 0 Å². The van der Waals surface area contributed by atoms with E-state index in [0.717, 1.165) is 31.4 Å². The van der Waals surface area contributed by atoms with Gasteiger partial charge in [-0.25, -0.2) is 4.79 Å². The highest BCUT2D eigenvalue weighted by atomic mass is 16.5. The predicted molar refractivity (Wildman–Crippen MR) is 83.9 cm³/mol. The SMILES string of the molecule is COC(=O)c1noc(C)c1CN1CCCC[C@@H]1CCNC(C)=O. The number of nitrogens with zero attached hydrogens (tertiary/aromatic N) is 2. The molecule has 0 radical (unpaired) electrons. The summed E-state index contributed by atoms with van der Waals surface area (Å²) < 4.78 is 9.94. The highest BCUT2D eigenvalue weighted by molar-refractivity contribution is 5.88. The fourth-order valence-corrected chi connectivity index (χ4v) is 3.05. The summed E-state index contributed by atoms with van der Waals surface area (Å²) in [6.07, 6.45) is 4.32. The molecule has 0 aromatic carbocycles. The summed E-state index contributed by atoms with van der Waals surface area (Å²) in [4.78, 5) is 25.2. The molecule has 1 atom stereocenters. The molecule has 128 valence electrons. The fourth-order valence-electron chi connectivity index (χ4n) is 3.05. The lowest BCUT2D eigenvalue weighted by molar-refractivity contribution is -0.119. The molecule has 0 bridgehead atoms. The van der Waals surface area contributed by atoms with Gasteiger partial charge in [-0.3, -0.25) is 9.69 Å². The van der Waals surface area contributed by atoms with Crippen LogP contribution in [0.25, 0.3) is 0 Å². The number of rotatable bonds is 6. The van der Waals surface area contributed by atoms with Gasteiger partial charge in [0.1, 0.15) is 5.76 Å². The number of carbonyl (C=O) groups excluding carboxylic acids is 2. The monoisotopic (exact) mass is 323 g/mol. The summed E-state index contributed by atoms with van der Waals surface area (Å²) in [6.45, 7) is 5.59. The van der Waals surface area contributed by atoms with E-state index >= 15 is 0 Å². The Morgan fingerprint density at radius 3 is 2.91 bits per heavy atom. The summed E-state index contributed by atoms with van der Waals surface area (Å²) in [5, 5.41) is 6.68. The van der Waals surface area contributed by atoms with Crippen molar-refractivity contribution in [1.29, 1.82) is 0 Å². The first-order valence-corrected chi connectivity index (χ1v) is 8.05. The largest absolute Gasteiger partial charge is 0.464 e. The average molecular weight is 323 g/mol. The smallest absolute Gasteiger partial charge is 0.360 e. The van der Waals surface area contributed by atoms with E-state index < -0.39 is 5.97 Å². The van der Waals surface area contributed by atoms with E-state index in [1.807, 2.05) is 6.92 Å². The Morgan fingerprint density at radius 2 is 2.22 bits per heavy atom. The Balaban J connectivity index is 2.05. The van der Waals surface area contributed by atoms with Crippen molar-refractivity contribution in [2.24, 2.45) is 0 Å². The van der Waals surface area contributed by atoms with Crippen molar-refractivity contribution >= 4 is 11.9 Å². The van der Waals surface area contributed by atoms with E-state index in [0.29, 0.717) is 24.9 Å². The fraction of sp³-hybridized carbons (Fsp3) is 0.688. The first kappa shape index (κ1) is 17.5. The summed E-state index contributed by atoms with van der Waals surface area (Å²) in [5.74, 6) is 0.176. The van der Waals surface area contributed by atoms with Gasteiger partial charge in [-0.1, -0.05) is 11.6 Å². The van der Waals surface area contributed by atoms with E-state index in [1.165, 1.54) is 20.5 Å². The highest BCUT2D eigenvalue weighted by Gasteiger charge is 2.27. The second-order valence-corrected chi connectivity index (χ2v) is 5.95. The van der Waals surface area contributed by atoms with Gasteiger partial charge >= 0.3 is 5.97 Å². The number of nitrogens with one attached hydrogen (secondary N) is 1. The van der Waals surface area contributed by atoms with Crippen LogP contribution >= 0.6 is 0 Å². The third-order valence-electron chi connectivity index (χ3n) is 4.33. The molecule has 2 heterocycles. The van der Waals surface area contributed by atoms with Gasteiger partial charge in [0.15, 0.2) is 5.69 Å². The van der Waals surface area contributed by atoms with Gasteiger partial charge in [-0.05, 0) is 32.7 Å². The molecule has 7 heteroatoms. The molecule has 1 fully saturated rings. The maximum absolute atomic E-state index is 11.8. The van der Waals surface area contributed by atoms with Crippen molar-refractivity contribution in [2.45, 2.75) is 52.1 Å². The van der Waals surface area contributed by atoms with E-state index in [9.17, 15) is 9.59 Å². The van der Waals surface area contributed by atoms with Crippen molar-refractivity contribution in [2.75, 3.05) is 20.2 Å². The number of hydrogen-bond acceptors (Lipinski definition) is 6. The number of hydrogen-bond donors (Lipinski definition) is 1. The molecule has 1 aromatic rings. The third-order valence-corrected chi connectivity index (χ3v) is 4.33. The lowest BCUT2D eigenvalue weighted by atomic mass is 9.98. The lowest BCUT2D eigenvalue weighted by Gasteiger charge is -2.35. The Kier molecular flexibility index (Phi) is 6.15. The zero-order valence-electron chi connectivity index (χ0n) is 14.1. The van der Waals surface area contributed by atoms with Crippen molar-refractivity contribution in [3.63, 3.8) is 0 Å². The van der Waals surface area contributed by atoms with Crippen LogP contribution in [-0.2, 0) is 16.1 Å². The Bertz CT molecular complexity index is 556. The number of methoxy groups -OCH3 is 1. The van der Waals surface area contributed by atoms with Crippen LogP contribution < -0.4 is 5.32 Å². The Labute approximate surface area is 136 Å². The Hall–Kier alpha value is -1.89. The van der Waals surface area contributed by atoms with Gasteiger partial charge in [0.25, 0.3) is 0 Å². The van der Waals surface area contributed by atoms with Crippen LogP contribution in [0.4, 0.5) is 0 Å². The normalized spacial score (nSPS) is 18.7. The number of aryl methyl sites for hydroxylation is 1. The molecule has 1 aliphatic heterocycles. The topological polar surface area (TPSA) is 84.7 Å². The maximum Gasteiger partial charge on any atom is 0.360 e. The van der Waals surface area contributed by atoms with Gasteiger partial charge in [0.05, 0.1) is 7.11 Å². The minimum absolute atomic E-state index is 0.00443. The first-order chi connectivity index (χ1) is 11.0. The molecule has 0 spiro atoms. The van der Waals surface area contributed by atoms with Crippen LogP contribution in [0, 0.1) is 6.92 Å². The number of esters is 1. The lowest BCUT2D eigenvalue weighted by Crippen LogP contribution is -2.41. The molecular formula is C16H25N3O4. The molecule has 7 nitrogen and oxygen atoms in total. The Morgan fingerprint density at radius 1 is 1.43 bits per heavy atom. The van der Waals surface area contributed by atoms with Gasteiger partial charge in [-0.15, -0.1) is 0 Å². The molecule has 1 amide bonds. The molecule has 0 unspecified atom stereocenters. The summed E-state index contributed by atoms with van der Waals surface area (Å²) >= 11 is 0. The van der Waals surface area contributed by atoms with Gasteiger partial charge < -0.3 is 14.6 Å². The molecule has 23 heavy (non-hydrogen) atoms. The van der Waals surface area contributed by atoms with Crippen LogP contribution in [0.1, 0.15) is 54.4 Å². The number of ether oxygens (including phenoxy) is 1. The molecule has 1 aromatic heterocycles. The summed E-state index contributed by atoms with van der Waals surface area (Å²) in [7, 11) is 1.34. The zero-order valence-corrected chi connectivity index (χ0v) is 14.1.